The lowest BCUT2D eigenvalue weighted by Gasteiger charge is -2.22. The number of nitrogens with zero attached hydrogens (tertiary/aromatic N) is 4. The number of aryl methyl sites for hydroxylation is 2. The van der Waals surface area contributed by atoms with Gasteiger partial charge in [0, 0.05) is 35.4 Å². The standard InChI is InChI=1S/C25H29N5O4/c1-15-10-16(7-9-26-15)23-29-20(14-34-23)22(31)28-19-13-30-12-17(6-8-24(2,3)32)27-21(30)11-18(19)25(4,5)33/h7,9-14,32-33H,6,8H2,1-5H3,(H,28,31). The first-order chi connectivity index (χ1) is 15.9. The van der Waals surface area contributed by atoms with Gasteiger partial charge in [-0.2, -0.15) is 0 Å². The van der Waals surface area contributed by atoms with Crippen LogP contribution in [0.5, 0.6) is 0 Å². The zero-order valence-electron chi connectivity index (χ0n) is 20.0. The zero-order valence-corrected chi connectivity index (χ0v) is 20.0. The van der Waals surface area contributed by atoms with Crippen molar-refractivity contribution in [3.63, 3.8) is 0 Å². The Bertz CT molecular complexity index is 1340. The minimum Gasteiger partial charge on any atom is -0.444 e. The maximum atomic E-state index is 13.0. The third-order valence-electron chi connectivity index (χ3n) is 5.42. The molecule has 4 heterocycles. The number of nitrogens with one attached hydrogen (secondary N) is 1. The maximum absolute atomic E-state index is 13.0. The van der Waals surface area contributed by atoms with Crippen LogP contribution < -0.4 is 5.32 Å². The number of amides is 1. The number of aromatic nitrogens is 4. The molecule has 9 heteroatoms. The quantitative estimate of drug-likeness (QED) is 0.380. The molecule has 0 bridgehead atoms. The molecule has 1 amide bonds. The molecule has 0 saturated heterocycles. The van der Waals surface area contributed by atoms with Crippen molar-refractivity contribution in [2.75, 3.05) is 5.32 Å². The average Bonchev–Trinajstić information content (AvgIpc) is 3.37. The monoisotopic (exact) mass is 463 g/mol. The molecule has 0 unspecified atom stereocenters. The lowest BCUT2D eigenvalue weighted by molar-refractivity contribution is 0.0711. The first-order valence-corrected chi connectivity index (χ1v) is 11.1. The van der Waals surface area contributed by atoms with Crippen molar-refractivity contribution < 1.29 is 19.4 Å². The number of fused-ring (bicyclic) bond motifs is 1. The van der Waals surface area contributed by atoms with E-state index in [1.165, 1.54) is 6.26 Å². The van der Waals surface area contributed by atoms with Gasteiger partial charge in [-0.25, -0.2) is 9.97 Å². The number of oxazole rings is 1. The van der Waals surface area contributed by atoms with E-state index >= 15 is 0 Å². The van der Waals surface area contributed by atoms with Crippen molar-refractivity contribution in [3.8, 4) is 11.5 Å². The van der Waals surface area contributed by atoms with Crippen molar-refractivity contribution in [3.05, 3.63) is 65.7 Å². The molecule has 0 atom stereocenters. The van der Waals surface area contributed by atoms with Crippen molar-refractivity contribution in [1.82, 2.24) is 19.4 Å². The SMILES string of the molecule is Cc1cc(-c2nc(C(=O)Nc3cn4cc(CCC(C)(C)O)nc4cc3C(C)(C)O)co2)ccn1. The van der Waals surface area contributed by atoms with Crippen LogP contribution in [-0.2, 0) is 12.0 Å². The van der Waals surface area contributed by atoms with Gasteiger partial charge in [-0.3, -0.25) is 9.78 Å². The molecule has 0 aliphatic heterocycles. The minimum atomic E-state index is -1.23. The first-order valence-electron chi connectivity index (χ1n) is 11.1. The summed E-state index contributed by atoms with van der Waals surface area (Å²) in [6.45, 7) is 8.67. The Balaban J connectivity index is 1.63. The van der Waals surface area contributed by atoms with Gasteiger partial charge >= 0.3 is 0 Å². The molecular formula is C25H29N5O4. The summed E-state index contributed by atoms with van der Waals surface area (Å²) in [5.74, 6) is -0.145. The van der Waals surface area contributed by atoms with E-state index in [4.69, 9.17) is 4.42 Å². The first kappa shape index (κ1) is 23.6. The van der Waals surface area contributed by atoms with Gasteiger partial charge in [-0.05, 0) is 65.7 Å². The number of hydrogen-bond donors (Lipinski definition) is 3. The van der Waals surface area contributed by atoms with Crippen LogP contribution in [0.25, 0.3) is 17.1 Å². The minimum absolute atomic E-state index is 0.114. The normalized spacial score (nSPS) is 12.3. The van der Waals surface area contributed by atoms with E-state index in [0.717, 1.165) is 17.0 Å². The number of carbonyl (C=O) groups is 1. The molecule has 34 heavy (non-hydrogen) atoms. The summed E-state index contributed by atoms with van der Waals surface area (Å²) in [7, 11) is 0. The molecule has 0 aromatic carbocycles. The lowest BCUT2D eigenvalue weighted by Crippen LogP contribution is -2.21. The summed E-state index contributed by atoms with van der Waals surface area (Å²) in [6, 6.07) is 5.33. The number of carbonyl (C=O) groups excluding carboxylic acids is 1. The molecule has 0 radical (unpaired) electrons. The van der Waals surface area contributed by atoms with Gasteiger partial charge in [0.15, 0.2) is 5.69 Å². The van der Waals surface area contributed by atoms with E-state index in [1.54, 1.807) is 56.6 Å². The fourth-order valence-electron chi connectivity index (χ4n) is 3.62. The third-order valence-corrected chi connectivity index (χ3v) is 5.42. The number of rotatable bonds is 7. The van der Waals surface area contributed by atoms with Crippen LogP contribution in [0.2, 0.25) is 0 Å². The second-order valence-electron chi connectivity index (χ2n) is 9.65. The fraction of sp³-hybridized carbons (Fsp3) is 0.360. The van der Waals surface area contributed by atoms with Crippen LogP contribution in [0.3, 0.4) is 0 Å². The molecule has 4 aromatic rings. The van der Waals surface area contributed by atoms with Crippen molar-refractivity contribution in [2.24, 2.45) is 0 Å². The van der Waals surface area contributed by atoms with Gasteiger partial charge in [0.2, 0.25) is 5.89 Å². The lowest BCUT2D eigenvalue weighted by atomic mass is 9.97. The van der Waals surface area contributed by atoms with Gasteiger partial charge in [0.25, 0.3) is 5.91 Å². The largest absolute Gasteiger partial charge is 0.444 e. The molecule has 0 fully saturated rings. The van der Waals surface area contributed by atoms with Gasteiger partial charge in [0.05, 0.1) is 22.6 Å². The predicted molar refractivity (Wildman–Crippen MR) is 127 cm³/mol. The number of anilines is 1. The zero-order chi connectivity index (χ0) is 24.7. The summed E-state index contributed by atoms with van der Waals surface area (Å²) < 4.78 is 7.30. The van der Waals surface area contributed by atoms with Crippen LogP contribution in [0.1, 0.15) is 61.6 Å². The smallest absolute Gasteiger partial charge is 0.277 e. The van der Waals surface area contributed by atoms with Gasteiger partial charge in [-0.1, -0.05) is 0 Å². The van der Waals surface area contributed by atoms with Gasteiger partial charge in [0.1, 0.15) is 11.9 Å². The summed E-state index contributed by atoms with van der Waals surface area (Å²) >= 11 is 0. The Morgan fingerprint density at radius 1 is 1.15 bits per heavy atom. The Morgan fingerprint density at radius 3 is 2.59 bits per heavy atom. The topological polar surface area (TPSA) is 126 Å². The Morgan fingerprint density at radius 2 is 1.91 bits per heavy atom. The van der Waals surface area contributed by atoms with E-state index in [2.05, 4.69) is 20.3 Å². The van der Waals surface area contributed by atoms with Crippen LogP contribution >= 0.6 is 0 Å². The molecule has 0 aliphatic carbocycles. The van der Waals surface area contributed by atoms with Crippen LogP contribution in [0.4, 0.5) is 5.69 Å². The number of hydrogen-bond acceptors (Lipinski definition) is 7. The molecule has 178 valence electrons. The van der Waals surface area contributed by atoms with Gasteiger partial charge < -0.3 is 24.3 Å². The predicted octanol–water partition coefficient (Wildman–Crippen LogP) is 3.88. The summed E-state index contributed by atoms with van der Waals surface area (Å²) in [5.41, 5.74) is 2.02. The Labute approximate surface area is 197 Å². The molecule has 4 aromatic heterocycles. The summed E-state index contributed by atoms with van der Waals surface area (Å²) in [6.07, 6.45) is 7.68. The Kier molecular flexibility index (Phi) is 6.01. The number of aliphatic hydroxyl groups is 2. The number of pyridine rings is 2. The average molecular weight is 464 g/mol. The second kappa shape index (κ2) is 8.66. The highest BCUT2D eigenvalue weighted by atomic mass is 16.3. The van der Waals surface area contributed by atoms with Crippen LogP contribution in [-0.4, -0.2) is 41.1 Å². The number of imidazole rings is 1. The van der Waals surface area contributed by atoms with E-state index < -0.39 is 17.1 Å². The molecule has 9 nitrogen and oxygen atoms in total. The van der Waals surface area contributed by atoms with Crippen molar-refractivity contribution >= 4 is 17.2 Å². The second-order valence-corrected chi connectivity index (χ2v) is 9.65. The van der Waals surface area contributed by atoms with Crippen LogP contribution in [0.15, 0.2) is 47.5 Å². The molecular weight excluding hydrogens is 434 g/mol. The van der Waals surface area contributed by atoms with Crippen LogP contribution in [0, 0.1) is 6.92 Å². The highest BCUT2D eigenvalue weighted by Crippen LogP contribution is 2.30. The molecule has 0 spiro atoms. The van der Waals surface area contributed by atoms with E-state index in [9.17, 15) is 15.0 Å². The molecule has 3 N–H and O–H groups in total. The molecule has 4 rings (SSSR count). The highest BCUT2D eigenvalue weighted by molar-refractivity contribution is 6.03. The fourth-order valence-corrected chi connectivity index (χ4v) is 3.62. The summed E-state index contributed by atoms with van der Waals surface area (Å²) in [4.78, 5) is 26.1. The molecule has 0 saturated carbocycles. The van der Waals surface area contributed by atoms with Crippen molar-refractivity contribution in [2.45, 2.75) is 58.7 Å². The van der Waals surface area contributed by atoms with Gasteiger partial charge in [-0.15, -0.1) is 0 Å². The van der Waals surface area contributed by atoms with E-state index in [0.29, 0.717) is 35.6 Å². The van der Waals surface area contributed by atoms with E-state index in [1.807, 2.05) is 19.2 Å². The Hall–Kier alpha value is -3.56. The molecule has 0 aliphatic rings. The van der Waals surface area contributed by atoms with Crippen molar-refractivity contribution in [1.29, 1.82) is 0 Å². The maximum Gasteiger partial charge on any atom is 0.277 e. The highest BCUT2D eigenvalue weighted by Gasteiger charge is 2.24. The third kappa shape index (κ3) is 5.32. The van der Waals surface area contributed by atoms with E-state index in [-0.39, 0.29) is 5.69 Å². The summed E-state index contributed by atoms with van der Waals surface area (Å²) in [5, 5.41) is 23.6.